The third-order valence-corrected chi connectivity index (χ3v) is 2.39. The number of hydrogen-bond donors (Lipinski definition) is 1. The van der Waals surface area contributed by atoms with E-state index in [1.54, 1.807) is 6.92 Å². The van der Waals surface area contributed by atoms with Gasteiger partial charge in [0.25, 0.3) is 5.88 Å². The summed E-state index contributed by atoms with van der Waals surface area (Å²) in [5, 5.41) is 19.9. The molecular formula is C12H9N3O5. The summed E-state index contributed by atoms with van der Waals surface area (Å²) in [6, 6.07) is 2.52. The number of pyridine rings is 2. The lowest BCUT2D eigenvalue weighted by atomic mass is 10.2. The first kappa shape index (κ1) is 13.4. The fourth-order valence-corrected chi connectivity index (χ4v) is 1.49. The van der Waals surface area contributed by atoms with E-state index in [1.807, 2.05) is 0 Å². The molecule has 0 aliphatic heterocycles. The molecule has 0 aliphatic rings. The van der Waals surface area contributed by atoms with E-state index in [1.165, 1.54) is 24.5 Å². The zero-order valence-corrected chi connectivity index (χ0v) is 10.3. The molecule has 8 nitrogen and oxygen atoms in total. The van der Waals surface area contributed by atoms with Crippen LogP contribution in [-0.2, 0) is 0 Å². The van der Waals surface area contributed by atoms with E-state index >= 15 is 0 Å². The molecule has 0 aromatic carbocycles. The Morgan fingerprint density at radius 1 is 1.45 bits per heavy atom. The van der Waals surface area contributed by atoms with Gasteiger partial charge in [-0.25, -0.2) is 9.78 Å². The van der Waals surface area contributed by atoms with E-state index in [4.69, 9.17) is 9.84 Å². The largest absolute Gasteiger partial charge is 0.478 e. The van der Waals surface area contributed by atoms with Crippen LogP contribution in [0.15, 0.2) is 30.7 Å². The van der Waals surface area contributed by atoms with Gasteiger partial charge in [-0.2, -0.15) is 0 Å². The highest BCUT2D eigenvalue weighted by molar-refractivity contribution is 5.90. The molecule has 0 amide bonds. The summed E-state index contributed by atoms with van der Waals surface area (Å²) in [5.41, 5.74) is 0.0931. The van der Waals surface area contributed by atoms with E-state index in [0.717, 1.165) is 6.20 Å². The lowest BCUT2D eigenvalue weighted by Crippen LogP contribution is -2.02. The second kappa shape index (κ2) is 5.31. The van der Waals surface area contributed by atoms with E-state index in [-0.39, 0.29) is 22.9 Å². The Balaban J connectivity index is 2.45. The first-order chi connectivity index (χ1) is 9.49. The van der Waals surface area contributed by atoms with E-state index < -0.39 is 10.9 Å². The van der Waals surface area contributed by atoms with Crippen LogP contribution in [0.4, 0.5) is 5.69 Å². The Labute approximate surface area is 112 Å². The van der Waals surface area contributed by atoms with Crippen LogP contribution in [0.5, 0.6) is 11.6 Å². The number of aromatic nitrogens is 2. The van der Waals surface area contributed by atoms with Crippen LogP contribution in [-0.4, -0.2) is 26.0 Å². The van der Waals surface area contributed by atoms with Gasteiger partial charge >= 0.3 is 11.7 Å². The number of carboxylic acids is 1. The van der Waals surface area contributed by atoms with Crippen molar-refractivity contribution in [2.24, 2.45) is 0 Å². The maximum Gasteiger partial charge on any atom is 0.339 e. The summed E-state index contributed by atoms with van der Waals surface area (Å²) in [7, 11) is 0. The Kier molecular flexibility index (Phi) is 3.56. The van der Waals surface area contributed by atoms with Gasteiger partial charge in [0, 0.05) is 18.5 Å². The van der Waals surface area contributed by atoms with Crippen molar-refractivity contribution in [3.05, 3.63) is 52.0 Å². The van der Waals surface area contributed by atoms with Gasteiger partial charge < -0.3 is 9.84 Å². The minimum Gasteiger partial charge on any atom is -0.478 e. The first-order valence-electron chi connectivity index (χ1n) is 5.45. The van der Waals surface area contributed by atoms with Gasteiger partial charge in [0.15, 0.2) is 5.75 Å². The molecule has 8 heteroatoms. The summed E-state index contributed by atoms with van der Waals surface area (Å²) < 4.78 is 5.22. The zero-order valence-electron chi connectivity index (χ0n) is 10.3. The van der Waals surface area contributed by atoms with Gasteiger partial charge in [-0.15, -0.1) is 0 Å². The predicted octanol–water partition coefficient (Wildman–Crippen LogP) is 2.18. The fourth-order valence-electron chi connectivity index (χ4n) is 1.49. The van der Waals surface area contributed by atoms with Crippen LogP contribution in [0.25, 0.3) is 0 Å². The van der Waals surface area contributed by atoms with Crippen LogP contribution in [0.2, 0.25) is 0 Å². The maximum absolute atomic E-state index is 11.0. The van der Waals surface area contributed by atoms with Crippen LogP contribution < -0.4 is 4.74 Å². The first-order valence-corrected chi connectivity index (χ1v) is 5.45. The number of aromatic carboxylic acids is 1. The lowest BCUT2D eigenvalue weighted by molar-refractivity contribution is -0.386. The molecule has 0 spiro atoms. The molecular weight excluding hydrogens is 266 g/mol. The Bertz CT molecular complexity index is 687. The Hall–Kier alpha value is -3.03. The molecule has 1 N–H and O–H groups in total. The highest BCUT2D eigenvalue weighted by Gasteiger charge is 2.20. The van der Waals surface area contributed by atoms with Crippen LogP contribution in [0, 0.1) is 17.0 Å². The topological polar surface area (TPSA) is 115 Å². The Morgan fingerprint density at radius 2 is 2.20 bits per heavy atom. The number of nitrogens with zero attached hydrogens (tertiary/aromatic N) is 3. The third kappa shape index (κ3) is 2.69. The highest BCUT2D eigenvalue weighted by Crippen LogP contribution is 2.30. The predicted molar refractivity (Wildman–Crippen MR) is 66.9 cm³/mol. The van der Waals surface area contributed by atoms with Crippen molar-refractivity contribution in [2.45, 2.75) is 6.92 Å². The number of rotatable bonds is 4. The standard InChI is InChI=1S/C12H9N3O5/c1-7-4-9(15(18)19)11(14-5-7)20-10-6-13-3-2-8(10)12(16)17/h2-6H,1H3,(H,16,17). The quantitative estimate of drug-likeness (QED) is 0.671. The summed E-state index contributed by atoms with van der Waals surface area (Å²) in [5.74, 6) is -1.62. The molecule has 2 aromatic heterocycles. The summed E-state index contributed by atoms with van der Waals surface area (Å²) in [6.07, 6.45) is 3.83. The third-order valence-electron chi connectivity index (χ3n) is 2.39. The van der Waals surface area contributed by atoms with Gasteiger partial charge in [-0.3, -0.25) is 15.1 Å². The highest BCUT2D eigenvalue weighted by atomic mass is 16.6. The number of carbonyl (C=O) groups is 1. The van der Waals surface area contributed by atoms with Crippen LogP contribution in [0.3, 0.4) is 0 Å². The molecule has 102 valence electrons. The SMILES string of the molecule is Cc1cnc(Oc2cnccc2C(=O)O)c([N+](=O)[O-])c1. The average Bonchev–Trinajstić information content (AvgIpc) is 2.41. The molecule has 0 atom stereocenters. The van der Waals surface area contributed by atoms with Gasteiger partial charge in [0.1, 0.15) is 5.56 Å². The summed E-state index contributed by atoms with van der Waals surface area (Å²) in [6.45, 7) is 1.65. The van der Waals surface area contributed by atoms with Gasteiger partial charge in [-0.05, 0) is 18.6 Å². The lowest BCUT2D eigenvalue weighted by Gasteiger charge is -2.07. The number of hydrogen-bond acceptors (Lipinski definition) is 6. The molecule has 0 fully saturated rings. The van der Waals surface area contributed by atoms with E-state index in [0.29, 0.717) is 5.56 Å². The number of carboxylic acid groups (broad SMARTS) is 1. The van der Waals surface area contributed by atoms with Gasteiger partial charge in [0.2, 0.25) is 0 Å². The molecule has 2 aromatic rings. The van der Waals surface area contributed by atoms with Crippen molar-refractivity contribution >= 4 is 11.7 Å². The summed E-state index contributed by atoms with van der Waals surface area (Å²) >= 11 is 0. The molecule has 0 saturated heterocycles. The van der Waals surface area contributed by atoms with Crippen LogP contribution in [0.1, 0.15) is 15.9 Å². The second-order valence-corrected chi connectivity index (χ2v) is 3.87. The van der Waals surface area contributed by atoms with Gasteiger partial charge in [-0.1, -0.05) is 0 Å². The number of ether oxygens (including phenoxy) is 1. The van der Waals surface area contributed by atoms with Crippen LogP contribution >= 0.6 is 0 Å². The number of nitro groups is 1. The summed E-state index contributed by atoms with van der Waals surface area (Å²) in [4.78, 5) is 28.9. The number of aryl methyl sites for hydroxylation is 1. The zero-order chi connectivity index (χ0) is 14.7. The maximum atomic E-state index is 11.0. The second-order valence-electron chi connectivity index (χ2n) is 3.87. The smallest absolute Gasteiger partial charge is 0.339 e. The molecule has 0 unspecified atom stereocenters. The molecule has 20 heavy (non-hydrogen) atoms. The van der Waals surface area contributed by atoms with Crippen molar-refractivity contribution in [3.8, 4) is 11.6 Å². The minimum atomic E-state index is -1.22. The van der Waals surface area contributed by atoms with Crippen molar-refractivity contribution in [1.82, 2.24) is 9.97 Å². The average molecular weight is 275 g/mol. The normalized spacial score (nSPS) is 10.1. The van der Waals surface area contributed by atoms with E-state index in [9.17, 15) is 14.9 Å². The van der Waals surface area contributed by atoms with Crippen molar-refractivity contribution in [3.63, 3.8) is 0 Å². The molecule has 0 radical (unpaired) electrons. The molecule has 2 heterocycles. The van der Waals surface area contributed by atoms with Crippen molar-refractivity contribution in [2.75, 3.05) is 0 Å². The van der Waals surface area contributed by atoms with Crippen molar-refractivity contribution < 1.29 is 19.6 Å². The van der Waals surface area contributed by atoms with E-state index in [2.05, 4.69) is 9.97 Å². The minimum absolute atomic E-state index is 0.112. The Morgan fingerprint density at radius 3 is 2.85 bits per heavy atom. The molecule has 2 rings (SSSR count). The van der Waals surface area contributed by atoms with Crippen molar-refractivity contribution in [1.29, 1.82) is 0 Å². The van der Waals surface area contributed by atoms with Gasteiger partial charge in [0.05, 0.1) is 11.1 Å². The molecule has 0 saturated carbocycles. The molecule has 0 aliphatic carbocycles. The fraction of sp³-hybridized carbons (Fsp3) is 0.0833. The molecule has 0 bridgehead atoms. The monoisotopic (exact) mass is 275 g/mol.